The van der Waals surface area contributed by atoms with Crippen LogP contribution in [0, 0.1) is 15.9 Å². The van der Waals surface area contributed by atoms with Gasteiger partial charge in [0, 0.05) is 6.07 Å². The first-order valence-corrected chi connectivity index (χ1v) is 6.01. The Morgan fingerprint density at radius 3 is 2.48 bits per heavy atom. The molecular weight excluding hydrogens is 303 g/mol. The Morgan fingerprint density at radius 2 is 1.90 bits per heavy atom. The number of hydrogen-bond donors (Lipinski definition) is 2. The van der Waals surface area contributed by atoms with Crippen LogP contribution in [0.25, 0.3) is 0 Å². The molecule has 0 heterocycles. The van der Waals surface area contributed by atoms with Gasteiger partial charge in [-0.2, -0.15) is 0 Å². The maximum atomic E-state index is 13.7. The summed E-state index contributed by atoms with van der Waals surface area (Å²) in [6.07, 6.45) is 0. The van der Waals surface area contributed by atoms with E-state index < -0.39 is 22.4 Å². The minimum Gasteiger partial charge on any atom is -0.478 e. The molecule has 0 spiro atoms. The predicted octanol–water partition coefficient (Wildman–Crippen LogP) is 3.83. The van der Waals surface area contributed by atoms with Crippen molar-refractivity contribution in [1.82, 2.24) is 0 Å². The molecule has 0 aliphatic heterocycles. The highest BCUT2D eigenvalue weighted by Gasteiger charge is 2.23. The van der Waals surface area contributed by atoms with E-state index in [0.717, 1.165) is 12.1 Å². The van der Waals surface area contributed by atoms with E-state index in [9.17, 15) is 19.3 Å². The van der Waals surface area contributed by atoms with Gasteiger partial charge in [0.15, 0.2) is 0 Å². The summed E-state index contributed by atoms with van der Waals surface area (Å²) in [5, 5.41) is 22.5. The molecule has 2 aromatic rings. The summed E-state index contributed by atoms with van der Waals surface area (Å²) in [5.41, 5.74) is -1.41. The molecule has 0 radical (unpaired) electrons. The highest BCUT2D eigenvalue weighted by Crippen LogP contribution is 2.35. The van der Waals surface area contributed by atoms with Crippen LogP contribution in [0.3, 0.4) is 0 Å². The van der Waals surface area contributed by atoms with Gasteiger partial charge in [0.1, 0.15) is 11.5 Å². The van der Waals surface area contributed by atoms with E-state index in [1.54, 1.807) is 0 Å². The fraction of sp³-hybridized carbons (Fsp3) is 0. The third kappa shape index (κ3) is 2.92. The molecule has 2 aromatic carbocycles. The molecule has 0 aliphatic carbocycles. The summed E-state index contributed by atoms with van der Waals surface area (Å²) in [4.78, 5) is 21.4. The third-order valence-electron chi connectivity index (χ3n) is 2.68. The lowest BCUT2D eigenvalue weighted by atomic mass is 10.1. The molecule has 0 bridgehead atoms. The van der Waals surface area contributed by atoms with Crippen molar-refractivity contribution < 1.29 is 19.2 Å². The van der Waals surface area contributed by atoms with E-state index in [1.807, 2.05) is 0 Å². The Kier molecular flexibility index (Phi) is 4.04. The lowest BCUT2D eigenvalue weighted by Gasteiger charge is -2.12. The standard InChI is InChI=1S/C13H8ClFN2O4/c14-8-4-2-5-9(15)12(8)16-11-7(13(18)19)3-1-6-10(11)17(20)21/h1-6,16H,(H,18,19). The molecule has 0 saturated carbocycles. The van der Waals surface area contributed by atoms with Gasteiger partial charge in [-0.25, -0.2) is 9.18 Å². The number of para-hydroxylation sites is 2. The first-order valence-electron chi connectivity index (χ1n) is 5.63. The van der Waals surface area contributed by atoms with Gasteiger partial charge in [0.25, 0.3) is 5.69 Å². The maximum Gasteiger partial charge on any atom is 0.338 e. The monoisotopic (exact) mass is 310 g/mol. The number of anilines is 2. The number of carbonyl (C=O) groups is 1. The quantitative estimate of drug-likeness (QED) is 0.661. The number of halogens is 2. The van der Waals surface area contributed by atoms with Crippen molar-refractivity contribution in [2.45, 2.75) is 0 Å². The number of carboxylic acids is 1. The smallest absolute Gasteiger partial charge is 0.338 e. The third-order valence-corrected chi connectivity index (χ3v) is 3.00. The van der Waals surface area contributed by atoms with Crippen molar-refractivity contribution >= 4 is 34.6 Å². The number of nitrogens with one attached hydrogen (secondary N) is 1. The minimum absolute atomic E-state index is 0.0236. The highest BCUT2D eigenvalue weighted by atomic mass is 35.5. The van der Waals surface area contributed by atoms with Gasteiger partial charge in [-0.15, -0.1) is 0 Å². The molecule has 0 fully saturated rings. The summed E-state index contributed by atoms with van der Waals surface area (Å²) in [6.45, 7) is 0. The molecule has 0 saturated heterocycles. The van der Waals surface area contributed by atoms with E-state index in [-0.39, 0.29) is 22.0 Å². The number of nitro benzene ring substituents is 1. The minimum atomic E-state index is -1.38. The van der Waals surface area contributed by atoms with Crippen molar-refractivity contribution in [2.24, 2.45) is 0 Å². The average Bonchev–Trinajstić information content (AvgIpc) is 2.42. The van der Waals surface area contributed by atoms with E-state index in [2.05, 4.69) is 5.32 Å². The van der Waals surface area contributed by atoms with Crippen LogP contribution in [0.15, 0.2) is 36.4 Å². The molecule has 0 atom stereocenters. The maximum absolute atomic E-state index is 13.7. The Morgan fingerprint density at radius 1 is 1.24 bits per heavy atom. The van der Waals surface area contributed by atoms with Gasteiger partial charge in [-0.05, 0) is 18.2 Å². The summed E-state index contributed by atoms with van der Waals surface area (Å²) in [6, 6.07) is 7.36. The highest BCUT2D eigenvalue weighted by molar-refractivity contribution is 6.33. The van der Waals surface area contributed by atoms with E-state index in [0.29, 0.717) is 0 Å². The van der Waals surface area contributed by atoms with Gasteiger partial charge >= 0.3 is 5.97 Å². The van der Waals surface area contributed by atoms with Crippen molar-refractivity contribution in [2.75, 3.05) is 5.32 Å². The van der Waals surface area contributed by atoms with Crippen LogP contribution < -0.4 is 5.32 Å². The lowest BCUT2D eigenvalue weighted by Crippen LogP contribution is -2.07. The molecule has 0 aromatic heterocycles. The van der Waals surface area contributed by atoms with Crippen LogP contribution in [0.2, 0.25) is 5.02 Å². The van der Waals surface area contributed by atoms with Crippen LogP contribution in [0.4, 0.5) is 21.5 Å². The molecule has 21 heavy (non-hydrogen) atoms. The molecule has 0 unspecified atom stereocenters. The second-order valence-corrected chi connectivity index (χ2v) is 4.39. The van der Waals surface area contributed by atoms with Crippen molar-refractivity contribution in [3.05, 3.63) is 62.9 Å². The zero-order chi connectivity index (χ0) is 15.6. The Balaban J connectivity index is 2.62. The first-order chi connectivity index (χ1) is 9.91. The fourth-order valence-corrected chi connectivity index (χ4v) is 1.95. The van der Waals surface area contributed by atoms with E-state index >= 15 is 0 Å². The topological polar surface area (TPSA) is 92.5 Å². The SMILES string of the molecule is O=C(O)c1cccc([N+](=O)[O-])c1Nc1c(F)cccc1Cl. The van der Waals surface area contributed by atoms with Crippen LogP contribution in [-0.2, 0) is 0 Å². The van der Waals surface area contributed by atoms with Crippen LogP contribution in [0.1, 0.15) is 10.4 Å². The summed E-state index contributed by atoms with van der Waals surface area (Å²) in [5.74, 6) is -2.13. The summed E-state index contributed by atoms with van der Waals surface area (Å²) < 4.78 is 13.7. The van der Waals surface area contributed by atoms with Crippen LogP contribution in [0.5, 0.6) is 0 Å². The molecule has 2 N–H and O–H groups in total. The van der Waals surface area contributed by atoms with Crippen molar-refractivity contribution in [3.8, 4) is 0 Å². The largest absolute Gasteiger partial charge is 0.478 e. The second kappa shape index (κ2) is 5.76. The van der Waals surface area contributed by atoms with Gasteiger partial charge in [0.2, 0.25) is 0 Å². The van der Waals surface area contributed by atoms with Gasteiger partial charge in [-0.1, -0.05) is 23.7 Å². The van der Waals surface area contributed by atoms with Gasteiger partial charge < -0.3 is 10.4 Å². The van der Waals surface area contributed by atoms with E-state index in [4.69, 9.17) is 16.7 Å². The molecule has 6 nitrogen and oxygen atoms in total. The number of carboxylic acid groups (broad SMARTS) is 1. The first kappa shape index (κ1) is 14.7. The molecule has 108 valence electrons. The average molecular weight is 311 g/mol. The number of aromatic carboxylic acids is 1. The van der Waals surface area contributed by atoms with Gasteiger partial charge in [-0.3, -0.25) is 10.1 Å². The number of nitro groups is 1. The van der Waals surface area contributed by atoms with Crippen molar-refractivity contribution in [3.63, 3.8) is 0 Å². The second-order valence-electron chi connectivity index (χ2n) is 3.98. The number of hydrogen-bond acceptors (Lipinski definition) is 4. The lowest BCUT2D eigenvalue weighted by molar-refractivity contribution is -0.383. The van der Waals surface area contributed by atoms with Crippen LogP contribution >= 0.6 is 11.6 Å². The zero-order valence-corrected chi connectivity index (χ0v) is 11.1. The Hall–Kier alpha value is -2.67. The molecule has 0 aliphatic rings. The summed E-state index contributed by atoms with van der Waals surface area (Å²) >= 11 is 5.82. The van der Waals surface area contributed by atoms with E-state index in [1.165, 1.54) is 24.3 Å². The molecule has 8 heteroatoms. The number of rotatable bonds is 4. The zero-order valence-electron chi connectivity index (χ0n) is 10.3. The number of nitrogens with zero attached hydrogens (tertiary/aromatic N) is 1. The van der Waals surface area contributed by atoms with Gasteiger partial charge in [0.05, 0.1) is 21.2 Å². The number of benzene rings is 2. The summed E-state index contributed by atoms with van der Waals surface area (Å²) in [7, 11) is 0. The predicted molar refractivity (Wildman–Crippen MR) is 74.7 cm³/mol. The molecule has 2 rings (SSSR count). The molecule has 0 amide bonds. The Labute approximate surface area is 122 Å². The van der Waals surface area contributed by atoms with Crippen LogP contribution in [-0.4, -0.2) is 16.0 Å². The molecular formula is C13H8ClFN2O4. The normalized spacial score (nSPS) is 10.2. The fourth-order valence-electron chi connectivity index (χ4n) is 1.74. The Bertz CT molecular complexity index is 684. The van der Waals surface area contributed by atoms with Crippen molar-refractivity contribution in [1.29, 1.82) is 0 Å².